The molecule has 1 aliphatic carbocycles. The summed E-state index contributed by atoms with van der Waals surface area (Å²) in [6.07, 6.45) is 5.23. The predicted molar refractivity (Wildman–Crippen MR) is 92.9 cm³/mol. The van der Waals surface area contributed by atoms with Crippen LogP contribution in [0.15, 0.2) is 29.2 Å². The molecule has 1 N–H and O–H groups in total. The number of piperidine rings is 1. The molecule has 1 aromatic rings. The maximum atomic E-state index is 13.3. The molecule has 3 rings (SSSR count). The minimum Gasteiger partial charge on any atom is -0.356 e. The van der Waals surface area contributed by atoms with Gasteiger partial charge >= 0.3 is 0 Å². The van der Waals surface area contributed by atoms with E-state index in [1.165, 1.54) is 35.3 Å². The second kappa shape index (κ2) is 7.83. The van der Waals surface area contributed by atoms with Gasteiger partial charge in [-0.2, -0.15) is 4.31 Å². The second-order valence-electron chi connectivity index (χ2n) is 7.09. The number of sulfonamides is 1. The van der Waals surface area contributed by atoms with E-state index < -0.39 is 15.8 Å². The molecule has 25 heavy (non-hydrogen) atoms. The van der Waals surface area contributed by atoms with Crippen molar-refractivity contribution < 1.29 is 17.6 Å². The summed E-state index contributed by atoms with van der Waals surface area (Å²) in [6.45, 7) is 1.64. The van der Waals surface area contributed by atoms with Crippen LogP contribution in [0.1, 0.15) is 38.5 Å². The number of nitrogens with one attached hydrogen (secondary N) is 1. The fourth-order valence-corrected chi connectivity index (χ4v) is 4.72. The number of rotatable bonds is 7. The van der Waals surface area contributed by atoms with Gasteiger partial charge in [0.15, 0.2) is 0 Å². The zero-order valence-corrected chi connectivity index (χ0v) is 15.1. The first-order valence-electron chi connectivity index (χ1n) is 8.97. The first-order chi connectivity index (χ1) is 11.9. The molecule has 1 aromatic carbocycles. The van der Waals surface area contributed by atoms with Crippen molar-refractivity contribution in [3.63, 3.8) is 0 Å². The molecular formula is C18H25FN2O3S. The van der Waals surface area contributed by atoms with E-state index in [4.69, 9.17) is 0 Å². The number of amides is 1. The van der Waals surface area contributed by atoms with Gasteiger partial charge in [-0.05, 0) is 62.1 Å². The van der Waals surface area contributed by atoms with Crippen molar-refractivity contribution in [2.45, 2.75) is 43.4 Å². The highest BCUT2D eigenvalue weighted by Crippen LogP contribution is 2.28. The number of benzene rings is 1. The molecule has 1 heterocycles. The molecular weight excluding hydrogens is 343 g/mol. The van der Waals surface area contributed by atoms with E-state index in [2.05, 4.69) is 5.32 Å². The number of hydrogen-bond donors (Lipinski definition) is 1. The minimum atomic E-state index is -3.64. The molecule has 138 valence electrons. The summed E-state index contributed by atoms with van der Waals surface area (Å²) in [5, 5.41) is 2.96. The molecule has 2 aliphatic rings. The van der Waals surface area contributed by atoms with Crippen LogP contribution >= 0.6 is 0 Å². The van der Waals surface area contributed by atoms with Gasteiger partial charge in [0.2, 0.25) is 15.9 Å². The van der Waals surface area contributed by atoms with Gasteiger partial charge in [-0.15, -0.1) is 0 Å². The van der Waals surface area contributed by atoms with Crippen LogP contribution in [0.4, 0.5) is 4.39 Å². The highest BCUT2D eigenvalue weighted by Gasteiger charge is 2.29. The standard InChI is InChI=1S/C18H25FN2O3S/c19-16-2-1-3-17(12-16)25(23,24)21-10-8-14(9-11-21)6-7-18(22)20-13-15-4-5-15/h1-3,12,14-15H,4-11,13H2,(H,20,22). The third-order valence-electron chi connectivity index (χ3n) is 5.07. The van der Waals surface area contributed by atoms with E-state index in [0.29, 0.717) is 31.3 Å². The molecule has 0 unspecified atom stereocenters. The Morgan fingerprint density at radius 3 is 2.52 bits per heavy atom. The van der Waals surface area contributed by atoms with Gasteiger partial charge in [0, 0.05) is 26.1 Å². The van der Waals surface area contributed by atoms with Crippen LogP contribution in [0.25, 0.3) is 0 Å². The summed E-state index contributed by atoms with van der Waals surface area (Å²) in [4.78, 5) is 11.8. The van der Waals surface area contributed by atoms with Gasteiger partial charge < -0.3 is 5.32 Å². The number of carbonyl (C=O) groups is 1. The fraction of sp³-hybridized carbons (Fsp3) is 0.611. The molecule has 1 aliphatic heterocycles. The third-order valence-corrected chi connectivity index (χ3v) is 6.97. The first-order valence-corrected chi connectivity index (χ1v) is 10.4. The molecule has 1 saturated carbocycles. The lowest BCUT2D eigenvalue weighted by Gasteiger charge is -2.31. The van der Waals surface area contributed by atoms with Crippen LogP contribution in [-0.4, -0.2) is 38.3 Å². The summed E-state index contributed by atoms with van der Waals surface area (Å²) in [6, 6.07) is 5.13. The normalized spacial score (nSPS) is 19.7. The van der Waals surface area contributed by atoms with Crippen molar-refractivity contribution >= 4 is 15.9 Å². The molecule has 0 radical (unpaired) electrons. The van der Waals surface area contributed by atoms with Crippen LogP contribution in [0.5, 0.6) is 0 Å². The van der Waals surface area contributed by atoms with Gasteiger partial charge in [-0.3, -0.25) is 4.79 Å². The molecule has 0 spiro atoms. The Balaban J connectivity index is 1.45. The van der Waals surface area contributed by atoms with Gasteiger partial charge in [0.05, 0.1) is 4.90 Å². The molecule has 5 nitrogen and oxygen atoms in total. The van der Waals surface area contributed by atoms with Crippen LogP contribution in [0, 0.1) is 17.7 Å². The molecule has 1 saturated heterocycles. The summed E-state index contributed by atoms with van der Waals surface area (Å²) >= 11 is 0. The van der Waals surface area contributed by atoms with Gasteiger partial charge in [-0.1, -0.05) is 6.07 Å². The quantitative estimate of drug-likeness (QED) is 0.804. The van der Waals surface area contributed by atoms with Gasteiger partial charge in [-0.25, -0.2) is 12.8 Å². The van der Waals surface area contributed by atoms with E-state index in [-0.39, 0.29) is 10.8 Å². The zero-order valence-electron chi connectivity index (χ0n) is 14.3. The SMILES string of the molecule is O=C(CCC1CCN(S(=O)(=O)c2cccc(F)c2)CC1)NCC1CC1. The Hall–Kier alpha value is -1.47. The predicted octanol–water partition coefficient (Wildman–Crippen LogP) is 2.53. The lowest BCUT2D eigenvalue weighted by Crippen LogP contribution is -2.38. The number of halogens is 1. The van der Waals surface area contributed by atoms with Crippen molar-refractivity contribution in [1.82, 2.24) is 9.62 Å². The molecule has 0 atom stereocenters. The monoisotopic (exact) mass is 368 g/mol. The van der Waals surface area contributed by atoms with Crippen LogP contribution in [-0.2, 0) is 14.8 Å². The molecule has 0 bridgehead atoms. The summed E-state index contributed by atoms with van der Waals surface area (Å²) < 4.78 is 39.8. The lowest BCUT2D eigenvalue weighted by molar-refractivity contribution is -0.121. The lowest BCUT2D eigenvalue weighted by atomic mass is 9.93. The Labute approximate surface area is 148 Å². The fourth-order valence-electron chi connectivity index (χ4n) is 3.22. The van der Waals surface area contributed by atoms with Crippen molar-refractivity contribution in [2.75, 3.05) is 19.6 Å². The smallest absolute Gasteiger partial charge is 0.243 e. The van der Waals surface area contributed by atoms with E-state index in [0.717, 1.165) is 31.9 Å². The summed E-state index contributed by atoms with van der Waals surface area (Å²) in [5.41, 5.74) is 0. The second-order valence-corrected chi connectivity index (χ2v) is 9.03. The average Bonchev–Trinajstić information content (AvgIpc) is 3.43. The van der Waals surface area contributed by atoms with Crippen molar-refractivity contribution in [3.8, 4) is 0 Å². The largest absolute Gasteiger partial charge is 0.356 e. The average molecular weight is 368 g/mol. The van der Waals surface area contributed by atoms with E-state index in [1.54, 1.807) is 0 Å². The molecule has 1 amide bonds. The number of hydrogen-bond acceptors (Lipinski definition) is 3. The van der Waals surface area contributed by atoms with Crippen molar-refractivity contribution in [1.29, 1.82) is 0 Å². The highest BCUT2D eigenvalue weighted by molar-refractivity contribution is 7.89. The van der Waals surface area contributed by atoms with E-state index >= 15 is 0 Å². The Morgan fingerprint density at radius 2 is 1.88 bits per heavy atom. The van der Waals surface area contributed by atoms with Crippen LogP contribution < -0.4 is 5.32 Å². The van der Waals surface area contributed by atoms with Crippen LogP contribution in [0.2, 0.25) is 0 Å². The maximum Gasteiger partial charge on any atom is 0.243 e. The summed E-state index contributed by atoms with van der Waals surface area (Å²) in [7, 11) is -3.64. The summed E-state index contributed by atoms with van der Waals surface area (Å²) in [5.74, 6) is 0.598. The topological polar surface area (TPSA) is 66.5 Å². The zero-order chi connectivity index (χ0) is 17.9. The van der Waals surface area contributed by atoms with Crippen molar-refractivity contribution in [3.05, 3.63) is 30.1 Å². The number of carbonyl (C=O) groups excluding carboxylic acids is 1. The third kappa shape index (κ3) is 5.01. The van der Waals surface area contributed by atoms with E-state index in [9.17, 15) is 17.6 Å². The molecule has 2 fully saturated rings. The molecule has 7 heteroatoms. The Bertz CT molecular complexity index is 711. The van der Waals surface area contributed by atoms with Crippen LogP contribution in [0.3, 0.4) is 0 Å². The Morgan fingerprint density at radius 1 is 1.16 bits per heavy atom. The van der Waals surface area contributed by atoms with Crippen molar-refractivity contribution in [2.24, 2.45) is 11.8 Å². The highest BCUT2D eigenvalue weighted by atomic mass is 32.2. The maximum absolute atomic E-state index is 13.3. The van der Waals surface area contributed by atoms with Gasteiger partial charge in [0.1, 0.15) is 5.82 Å². The number of nitrogens with zero attached hydrogens (tertiary/aromatic N) is 1. The first kappa shape index (κ1) is 18.3. The molecule has 0 aromatic heterocycles. The van der Waals surface area contributed by atoms with E-state index in [1.807, 2.05) is 0 Å². The minimum absolute atomic E-state index is 0.00500. The van der Waals surface area contributed by atoms with Gasteiger partial charge in [0.25, 0.3) is 0 Å². The Kier molecular flexibility index (Phi) is 5.74.